The third-order valence-corrected chi connectivity index (χ3v) is 4.62. The summed E-state index contributed by atoms with van der Waals surface area (Å²) in [6, 6.07) is 11.2. The van der Waals surface area contributed by atoms with E-state index >= 15 is 0 Å². The third-order valence-electron chi connectivity index (χ3n) is 4.62. The Labute approximate surface area is 200 Å². The summed E-state index contributed by atoms with van der Waals surface area (Å²) in [6.45, 7) is 21.1. The fourth-order valence-corrected chi connectivity index (χ4v) is 3.27. The van der Waals surface area contributed by atoms with Gasteiger partial charge in [0.2, 0.25) is 0 Å². The number of carbonyl (C=O) groups excluding carboxylic acids is 1. The van der Waals surface area contributed by atoms with Crippen molar-refractivity contribution in [3.63, 3.8) is 0 Å². The van der Waals surface area contributed by atoms with Crippen LogP contribution in [0.5, 0.6) is 17.2 Å². The monoisotopic (exact) mass is 452 g/mol. The topological polar surface area (TPSA) is 44.8 Å². The maximum atomic E-state index is 12.8. The molecule has 0 amide bonds. The van der Waals surface area contributed by atoms with Crippen molar-refractivity contribution in [3.8, 4) is 17.2 Å². The lowest BCUT2D eigenvalue weighted by atomic mass is 9.85. The summed E-state index contributed by atoms with van der Waals surface area (Å²) in [7, 11) is 0. The molecule has 0 heterocycles. The van der Waals surface area contributed by atoms with E-state index < -0.39 is 5.60 Å². The second-order valence-electron chi connectivity index (χ2n) is 11.2. The van der Waals surface area contributed by atoms with Crippen molar-refractivity contribution in [2.24, 2.45) is 0 Å². The first-order valence-electron chi connectivity index (χ1n) is 11.6. The average molecular weight is 453 g/mol. The molecule has 4 nitrogen and oxygen atoms in total. The number of hydrogen-bond acceptors (Lipinski definition) is 4. The summed E-state index contributed by atoms with van der Waals surface area (Å²) in [4.78, 5) is 12.8. The van der Waals surface area contributed by atoms with Gasteiger partial charge in [0, 0.05) is 22.8 Å². The molecule has 0 bridgehead atoms. The lowest BCUT2D eigenvalue weighted by Crippen LogP contribution is -2.27. The van der Waals surface area contributed by atoms with E-state index in [-0.39, 0.29) is 16.8 Å². The van der Waals surface area contributed by atoms with E-state index in [4.69, 9.17) is 14.2 Å². The van der Waals surface area contributed by atoms with Crippen LogP contribution in [0, 0.1) is 0 Å². The number of carbonyl (C=O) groups is 1. The zero-order valence-electron chi connectivity index (χ0n) is 22.0. The van der Waals surface area contributed by atoms with Crippen molar-refractivity contribution in [1.82, 2.24) is 0 Å². The van der Waals surface area contributed by atoms with Gasteiger partial charge in [0.15, 0.2) is 5.78 Å². The predicted molar refractivity (Wildman–Crippen MR) is 137 cm³/mol. The molecule has 0 aliphatic heterocycles. The summed E-state index contributed by atoms with van der Waals surface area (Å²) < 4.78 is 18.1. The van der Waals surface area contributed by atoms with Gasteiger partial charge in [-0.25, -0.2) is 0 Å². The Kier molecular flexibility index (Phi) is 8.05. The molecule has 0 radical (unpaired) electrons. The maximum Gasteiger partial charge on any atom is 0.185 e. The maximum absolute atomic E-state index is 12.8. The van der Waals surface area contributed by atoms with E-state index in [9.17, 15) is 4.79 Å². The summed E-state index contributed by atoms with van der Waals surface area (Å²) in [5.74, 6) is 2.16. The standard InChI is InChI=1S/C29H40O4/c1-11-31-22-15-12-20(13-16-22)24(30)17-14-21-18-23(27(2,3)4)26(33-29(8,9)10)19-25(21)32-28(5,6)7/h12-19H,11H2,1-10H3. The number of ketones is 1. The van der Waals surface area contributed by atoms with E-state index in [1.165, 1.54) is 0 Å². The van der Waals surface area contributed by atoms with Gasteiger partial charge in [0.05, 0.1) is 6.61 Å². The van der Waals surface area contributed by atoms with Crippen molar-refractivity contribution in [2.75, 3.05) is 6.61 Å². The van der Waals surface area contributed by atoms with Crippen LogP contribution in [0.15, 0.2) is 42.5 Å². The number of benzene rings is 2. The summed E-state index contributed by atoms with van der Waals surface area (Å²) in [6.07, 6.45) is 3.42. The quantitative estimate of drug-likeness (QED) is 0.320. The molecule has 2 rings (SSSR count). The van der Waals surface area contributed by atoms with Gasteiger partial charge in [0.1, 0.15) is 28.5 Å². The Hall–Kier alpha value is -2.75. The zero-order valence-corrected chi connectivity index (χ0v) is 22.0. The second-order valence-corrected chi connectivity index (χ2v) is 11.2. The molecule has 2 aromatic rings. The van der Waals surface area contributed by atoms with Gasteiger partial charge in [-0.05, 0) is 96.4 Å². The number of hydrogen-bond donors (Lipinski definition) is 0. The molecular formula is C29H40O4. The first kappa shape index (κ1) is 26.5. The Balaban J connectivity index is 2.51. The van der Waals surface area contributed by atoms with Crippen LogP contribution in [0.4, 0.5) is 0 Å². The Morgan fingerprint density at radius 3 is 1.85 bits per heavy atom. The molecule has 0 aliphatic carbocycles. The third kappa shape index (κ3) is 8.27. The van der Waals surface area contributed by atoms with E-state index in [2.05, 4.69) is 26.8 Å². The predicted octanol–water partition coefficient (Wildman–Crippen LogP) is 7.63. The van der Waals surface area contributed by atoms with Crippen LogP contribution in [-0.4, -0.2) is 23.6 Å². The molecule has 180 valence electrons. The SMILES string of the molecule is CCOc1ccc(C(=O)C=Cc2cc(C(C)(C)C)c(OC(C)(C)C)cc2OC(C)(C)C)cc1. The van der Waals surface area contributed by atoms with E-state index in [0.717, 1.165) is 22.6 Å². The molecular weight excluding hydrogens is 412 g/mol. The van der Waals surface area contributed by atoms with Crippen molar-refractivity contribution in [3.05, 3.63) is 59.2 Å². The summed E-state index contributed by atoms with van der Waals surface area (Å²) in [5.41, 5.74) is 1.62. The lowest BCUT2D eigenvalue weighted by molar-refractivity contribution is 0.104. The van der Waals surface area contributed by atoms with Gasteiger partial charge < -0.3 is 14.2 Å². The minimum atomic E-state index is -0.399. The van der Waals surface area contributed by atoms with Crippen LogP contribution in [0.2, 0.25) is 0 Å². The second kappa shape index (κ2) is 10.0. The van der Waals surface area contributed by atoms with Gasteiger partial charge in [0.25, 0.3) is 0 Å². The molecule has 0 aliphatic rings. The van der Waals surface area contributed by atoms with E-state index in [0.29, 0.717) is 17.9 Å². The Bertz CT molecular complexity index is 978. The molecule has 33 heavy (non-hydrogen) atoms. The average Bonchev–Trinajstić information content (AvgIpc) is 2.64. The van der Waals surface area contributed by atoms with Crippen LogP contribution in [-0.2, 0) is 5.41 Å². The zero-order chi connectivity index (χ0) is 25.0. The highest BCUT2D eigenvalue weighted by Gasteiger charge is 2.26. The largest absolute Gasteiger partial charge is 0.494 e. The van der Waals surface area contributed by atoms with Gasteiger partial charge in [-0.15, -0.1) is 0 Å². The molecule has 0 aromatic heterocycles. The van der Waals surface area contributed by atoms with Crippen molar-refractivity contribution in [2.45, 2.75) is 85.9 Å². The van der Waals surface area contributed by atoms with Crippen molar-refractivity contribution < 1.29 is 19.0 Å². The molecule has 0 spiro atoms. The fraction of sp³-hybridized carbons (Fsp3) is 0.483. The lowest BCUT2D eigenvalue weighted by Gasteiger charge is -2.30. The minimum Gasteiger partial charge on any atom is -0.494 e. The minimum absolute atomic E-state index is 0.0768. The van der Waals surface area contributed by atoms with Crippen LogP contribution < -0.4 is 14.2 Å². The fourth-order valence-electron chi connectivity index (χ4n) is 3.27. The smallest absolute Gasteiger partial charge is 0.185 e. The van der Waals surface area contributed by atoms with Gasteiger partial charge in [-0.3, -0.25) is 4.79 Å². The van der Waals surface area contributed by atoms with Gasteiger partial charge >= 0.3 is 0 Å². The molecule has 4 heteroatoms. The summed E-state index contributed by atoms with van der Waals surface area (Å²) in [5, 5.41) is 0. The Morgan fingerprint density at radius 2 is 1.36 bits per heavy atom. The molecule has 0 atom stereocenters. The van der Waals surface area contributed by atoms with Gasteiger partial charge in [-0.1, -0.05) is 20.8 Å². The highest BCUT2D eigenvalue weighted by molar-refractivity contribution is 6.07. The normalized spacial score (nSPS) is 12.7. The number of allylic oxidation sites excluding steroid dienone is 1. The highest BCUT2D eigenvalue weighted by atomic mass is 16.5. The number of rotatable bonds is 7. The van der Waals surface area contributed by atoms with Crippen LogP contribution >= 0.6 is 0 Å². The molecule has 0 saturated heterocycles. The van der Waals surface area contributed by atoms with Crippen LogP contribution in [0.1, 0.15) is 90.7 Å². The van der Waals surface area contributed by atoms with Crippen LogP contribution in [0.3, 0.4) is 0 Å². The van der Waals surface area contributed by atoms with Crippen molar-refractivity contribution >= 4 is 11.9 Å². The van der Waals surface area contributed by atoms with Crippen LogP contribution in [0.25, 0.3) is 6.08 Å². The first-order valence-corrected chi connectivity index (χ1v) is 11.6. The Morgan fingerprint density at radius 1 is 0.818 bits per heavy atom. The molecule has 2 aromatic carbocycles. The van der Waals surface area contributed by atoms with Crippen molar-refractivity contribution in [1.29, 1.82) is 0 Å². The first-order chi connectivity index (χ1) is 15.1. The van der Waals surface area contributed by atoms with E-state index in [1.807, 2.05) is 72.7 Å². The molecule has 0 unspecified atom stereocenters. The highest BCUT2D eigenvalue weighted by Crippen LogP contribution is 2.40. The van der Waals surface area contributed by atoms with E-state index in [1.54, 1.807) is 18.2 Å². The molecule has 0 fully saturated rings. The molecule has 0 N–H and O–H groups in total. The van der Waals surface area contributed by atoms with Gasteiger partial charge in [-0.2, -0.15) is 0 Å². The molecule has 0 saturated carbocycles. The number of ether oxygens (including phenoxy) is 3. The summed E-state index contributed by atoms with van der Waals surface area (Å²) >= 11 is 0.